The predicted molar refractivity (Wildman–Crippen MR) is 66.5 cm³/mol. The Balaban J connectivity index is 1.58. The van der Waals surface area contributed by atoms with E-state index in [1.807, 2.05) is 23.1 Å². The van der Waals surface area contributed by atoms with Gasteiger partial charge in [0, 0.05) is 25.1 Å². The van der Waals surface area contributed by atoms with Crippen LogP contribution in [0.25, 0.3) is 5.65 Å². The lowest BCUT2D eigenvalue weighted by Crippen LogP contribution is -2.27. The van der Waals surface area contributed by atoms with Crippen LogP contribution >= 0.6 is 0 Å². The van der Waals surface area contributed by atoms with E-state index in [1.54, 1.807) is 16.9 Å². The molecule has 1 N–H and O–H groups in total. The van der Waals surface area contributed by atoms with Gasteiger partial charge in [0.15, 0.2) is 5.82 Å². The molecule has 0 bridgehead atoms. The Morgan fingerprint density at radius 3 is 3.00 bits per heavy atom. The largest absolute Gasteiger partial charge is 0.364 e. The maximum Gasteiger partial charge on any atom is 0.221 e. The zero-order chi connectivity index (χ0) is 12.7. The monoisotopic (exact) mass is 256 g/mol. The van der Waals surface area contributed by atoms with Crippen LogP contribution in [0.15, 0.2) is 30.9 Å². The molecule has 0 saturated heterocycles. The number of anilines is 1. The molecule has 1 aliphatic rings. The van der Waals surface area contributed by atoms with E-state index in [9.17, 15) is 0 Å². The molecular formula is C11H12N8. The molecular weight excluding hydrogens is 244 g/mol. The molecule has 0 aliphatic heterocycles. The maximum absolute atomic E-state index is 4.33. The van der Waals surface area contributed by atoms with E-state index in [2.05, 4.69) is 30.9 Å². The van der Waals surface area contributed by atoms with Gasteiger partial charge in [-0.15, -0.1) is 5.10 Å². The smallest absolute Gasteiger partial charge is 0.221 e. The highest BCUT2D eigenvalue weighted by molar-refractivity contribution is 5.60. The van der Waals surface area contributed by atoms with Crippen LogP contribution in [0.5, 0.6) is 0 Å². The van der Waals surface area contributed by atoms with Crippen molar-refractivity contribution in [3.05, 3.63) is 30.9 Å². The maximum atomic E-state index is 4.33. The number of rotatable bonds is 4. The summed E-state index contributed by atoms with van der Waals surface area (Å²) in [6, 6.07) is 1.95. The van der Waals surface area contributed by atoms with Crippen molar-refractivity contribution < 1.29 is 0 Å². The Morgan fingerprint density at radius 2 is 2.21 bits per heavy atom. The van der Waals surface area contributed by atoms with Crippen molar-refractivity contribution >= 4 is 11.5 Å². The Hall–Kier alpha value is -2.51. The number of hydrogen-bond acceptors (Lipinski definition) is 6. The number of tetrazole rings is 1. The summed E-state index contributed by atoms with van der Waals surface area (Å²) in [6.07, 6.45) is 9.45. The van der Waals surface area contributed by atoms with E-state index >= 15 is 0 Å². The molecule has 8 heteroatoms. The molecule has 96 valence electrons. The number of hydrogen-bond donors (Lipinski definition) is 1. The van der Waals surface area contributed by atoms with Crippen molar-refractivity contribution in [2.75, 3.05) is 11.9 Å². The molecule has 4 rings (SSSR count). The number of aromatic nitrogens is 7. The van der Waals surface area contributed by atoms with E-state index in [-0.39, 0.29) is 5.54 Å². The van der Waals surface area contributed by atoms with Crippen LogP contribution in [0.4, 0.5) is 5.82 Å². The fourth-order valence-corrected chi connectivity index (χ4v) is 2.23. The van der Waals surface area contributed by atoms with Gasteiger partial charge in [0.2, 0.25) is 5.65 Å². The van der Waals surface area contributed by atoms with Gasteiger partial charge in [-0.3, -0.25) is 4.68 Å². The molecule has 1 saturated carbocycles. The first kappa shape index (κ1) is 10.4. The summed E-state index contributed by atoms with van der Waals surface area (Å²) < 4.78 is 3.62. The second kappa shape index (κ2) is 3.74. The van der Waals surface area contributed by atoms with Crippen molar-refractivity contribution in [3.63, 3.8) is 0 Å². The van der Waals surface area contributed by atoms with Crippen molar-refractivity contribution in [1.29, 1.82) is 0 Å². The lowest BCUT2D eigenvalue weighted by Gasteiger charge is -2.17. The minimum absolute atomic E-state index is 0.0749. The molecule has 0 unspecified atom stereocenters. The van der Waals surface area contributed by atoms with Gasteiger partial charge in [0.1, 0.15) is 0 Å². The highest BCUT2D eigenvalue weighted by Gasteiger charge is 2.45. The summed E-state index contributed by atoms with van der Waals surface area (Å²) in [5, 5.41) is 19.1. The Labute approximate surface area is 108 Å². The summed E-state index contributed by atoms with van der Waals surface area (Å²) in [4.78, 5) is 4.29. The van der Waals surface area contributed by atoms with Crippen LogP contribution < -0.4 is 5.32 Å². The normalized spacial score (nSPS) is 16.6. The molecule has 19 heavy (non-hydrogen) atoms. The van der Waals surface area contributed by atoms with Gasteiger partial charge in [-0.2, -0.15) is 9.61 Å². The summed E-state index contributed by atoms with van der Waals surface area (Å²) >= 11 is 0. The zero-order valence-electron chi connectivity index (χ0n) is 10.1. The first-order valence-electron chi connectivity index (χ1n) is 6.14. The fourth-order valence-electron chi connectivity index (χ4n) is 2.23. The van der Waals surface area contributed by atoms with Gasteiger partial charge in [0.25, 0.3) is 0 Å². The van der Waals surface area contributed by atoms with Crippen LogP contribution in [-0.4, -0.2) is 41.4 Å². The van der Waals surface area contributed by atoms with Crippen LogP contribution in [0.1, 0.15) is 12.8 Å². The van der Waals surface area contributed by atoms with Gasteiger partial charge in [-0.05, 0) is 29.3 Å². The predicted octanol–water partition coefficient (Wildman–Crippen LogP) is 0.317. The molecule has 3 aromatic rings. The van der Waals surface area contributed by atoms with Gasteiger partial charge < -0.3 is 5.32 Å². The van der Waals surface area contributed by atoms with Gasteiger partial charge in [0.05, 0.1) is 11.7 Å². The minimum atomic E-state index is 0.0749. The third kappa shape index (κ3) is 1.64. The molecule has 8 nitrogen and oxygen atoms in total. The molecule has 0 spiro atoms. The van der Waals surface area contributed by atoms with Crippen molar-refractivity contribution in [1.82, 2.24) is 34.8 Å². The molecule has 1 aliphatic carbocycles. The molecule has 0 radical (unpaired) electrons. The Morgan fingerprint density at radius 1 is 1.26 bits per heavy atom. The first-order valence-corrected chi connectivity index (χ1v) is 6.14. The average Bonchev–Trinajstić information content (AvgIpc) is 2.88. The quantitative estimate of drug-likeness (QED) is 0.723. The van der Waals surface area contributed by atoms with Gasteiger partial charge in [-0.25, -0.2) is 4.98 Å². The average molecular weight is 256 g/mol. The van der Waals surface area contributed by atoms with Crippen LogP contribution in [-0.2, 0) is 5.54 Å². The van der Waals surface area contributed by atoms with Crippen molar-refractivity contribution in [3.8, 4) is 0 Å². The summed E-state index contributed by atoms with van der Waals surface area (Å²) in [6.45, 7) is 0.772. The third-order valence-electron chi connectivity index (χ3n) is 3.52. The van der Waals surface area contributed by atoms with E-state index in [0.29, 0.717) is 11.5 Å². The highest BCUT2D eigenvalue weighted by atomic mass is 15.5. The third-order valence-corrected chi connectivity index (χ3v) is 3.52. The summed E-state index contributed by atoms with van der Waals surface area (Å²) in [5.41, 5.74) is 0.713. The van der Waals surface area contributed by atoms with Crippen LogP contribution in [0.2, 0.25) is 0 Å². The minimum Gasteiger partial charge on any atom is -0.364 e. The summed E-state index contributed by atoms with van der Waals surface area (Å²) in [5.74, 6) is 0.700. The molecule has 3 aromatic heterocycles. The van der Waals surface area contributed by atoms with Gasteiger partial charge in [-0.1, -0.05) is 0 Å². The lowest BCUT2D eigenvalue weighted by molar-refractivity contribution is 0.453. The fraction of sp³-hybridized carbons (Fsp3) is 0.364. The highest BCUT2D eigenvalue weighted by Crippen LogP contribution is 2.42. The number of nitrogens with zero attached hydrogens (tertiary/aromatic N) is 7. The first-order chi connectivity index (χ1) is 9.37. The van der Waals surface area contributed by atoms with Crippen molar-refractivity contribution in [2.45, 2.75) is 18.4 Å². The molecule has 1 fully saturated rings. The number of nitrogens with one attached hydrogen (secondary N) is 1. The van der Waals surface area contributed by atoms with E-state index in [4.69, 9.17) is 0 Å². The Bertz CT molecular complexity index is 696. The number of fused-ring (bicyclic) bond motifs is 1. The van der Waals surface area contributed by atoms with E-state index < -0.39 is 0 Å². The SMILES string of the molecule is c1cnn(C2(CNc3nccn4nnnc34)CC2)c1. The molecule has 0 atom stereocenters. The zero-order valence-corrected chi connectivity index (χ0v) is 10.1. The van der Waals surface area contributed by atoms with Crippen LogP contribution in [0, 0.1) is 0 Å². The lowest BCUT2D eigenvalue weighted by atomic mass is 10.3. The second-order valence-corrected chi connectivity index (χ2v) is 4.75. The molecule has 3 heterocycles. The Kier molecular flexibility index (Phi) is 2.05. The standard InChI is InChI=1S/C11H12N8/c1-4-14-19(6-1)11(2-3-11)8-13-9-10-15-16-17-18(10)7-5-12-9/h1,4-7H,2-3,8H2,(H,12,13). The van der Waals surface area contributed by atoms with Crippen LogP contribution in [0.3, 0.4) is 0 Å². The van der Waals surface area contributed by atoms with E-state index in [0.717, 1.165) is 19.4 Å². The molecule has 0 amide bonds. The van der Waals surface area contributed by atoms with Gasteiger partial charge >= 0.3 is 0 Å². The second-order valence-electron chi connectivity index (χ2n) is 4.75. The van der Waals surface area contributed by atoms with E-state index in [1.165, 1.54) is 0 Å². The summed E-state index contributed by atoms with van der Waals surface area (Å²) in [7, 11) is 0. The topological polar surface area (TPSA) is 85.8 Å². The molecule has 0 aromatic carbocycles. The van der Waals surface area contributed by atoms with Crippen molar-refractivity contribution in [2.24, 2.45) is 0 Å².